The van der Waals surface area contributed by atoms with Crippen LogP contribution < -0.4 is 5.32 Å². The van der Waals surface area contributed by atoms with Crippen LogP contribution >= 0.6 is 20.6 Å². The average Bonchev–Trinajstić information content (AvgIpc) is 3.13. The molecule has 1 aliphatic heterocycles. The third-order valence-corrected chi connectivity index (χ3v) is 5.92. The first kappa shape index (κ1) is 19.3. The molecule has 0 bridgehead atoms. The number of alkyl halides is 3. The van der Waals surface area contributed by atoms with E-state index in [0.717, 1.165) is 36.4 Å². The minimum atomic E-state index is -4.41. The quantitative estimate of drug-likeness (QED) is 0.763. The van der Waals surface area contributed by atoms with Gasteiger partial charge in [-0.05, 0) is 31.5 Å². The SMILES string of the molecule is CC(=O)Nc1nc(-c2cccc(C(F)(F)F)c2)c(CN2CCC[C@H]2P)s1. The standard InChI is InChI=1S/C17H19F3N3OPS/c1-10(24)21-16-22-15(11-4-2-5-12(8-11)17(18,19)20)13(26-16)9-23-7-3-6-14(23)25/h2,4-5,8,14H,3,6-7,9,25H2,1H3,(H,21,22,24)/t14-/m1/s1. The Morgan fingerprint density at radius 1 is 1.46 bits per heavy atom. The van der Waals surface area contributed by atoms with E-state index >= 15 is 0 Å². The highest BCUT2D eigenvalue weighted by Gasteiger charge is 2.31. The van der Waals surface area contributed by atoms with Crippen LogP contribution in [-0.2, 0) is 17.5 Å². The molecule has 9 heteroatoms. The predicted octanol–water partition coefficient (Wildman–Crippen LogP) is 4.58. The van der Waals surface area contributed by atoms with Crippen molar-refractivity contribution >= 4 is 31.6 Å². The summed E-state index contributed by atoms with van der Waals surface area (Å²) >= 11 is 1.31. The summed E-state index contributed by atoms with van der Waals surface area (Å²) in [5, 5.41) is 3.04. The number of nitrogens with zero attached hydrogens (tertiary/aromatic N) is 2. The number of aromatic nitrogens is 1. The summed E-state index contributed by atoms with van der Waals surface area (Å²) in [6.45, 7) is 2.91. The molecule has 2 aromatic rings. The van der Waals surface area contributed by atoms with Gasteiger partial charge in [0, 0.05) is 29.7 Å². The number of likely N-dealkylation sites (tertiary alicyclic amines) is 1. The van der Waals surface area contributed by atoms with Crippen LogP contribution in [0.15, 0.2) is 24.3 Å². The van der Waals surface area contributed by atoms with Gasteiger partial charge < -0.3 is 5.32 Å². The molecule has 2 atom stereocenters. The number of anilines is 1. The van der Waals surface area contributed by atoms with Crippen molar-refractivity contribution in [1.29, 1.82) is 0 Å². The Morgan fingerprint density at radius 3 is 2.85 bits per heavy atom. The van der Waals surface area contributed by atoms with E-state index in [-0.39, 0.29) is 5.91 Å². The lowest BCUT2D eigenvalue weighted by atomic mass is 10.1. The summed E-state index contributed by atoms with van der Waals surface area (Å²) in [4.78, 5) is 18.8. The molecule has 1 saturated heterocycles. The van der Waals surface area contributed by atoms with Gasteiger partial charge in [-0.3, -0.25) is 9.69 Å². The van der Waals surface area contributed by atoms with E-state index in [1.54, 1.807) is 6.07 Å². The van der Waals surface area contributed by atoms with Crippen LogP contribution in [0.1, 0.15) is 30.2 Å². The molecule has 1 aromatic heterocycles. The lowest BCUT2D eigenvalue weighted by molar-refractivity contribution is -0.137. The molecule has 1 unspecified atom stereocenters. The predicted molar refractivity (Wildman–Crippen MR) is 100.0 cm³/mol. The van der Waals surface area contributed by atoms with Crippen molar-refractivity contribution in [3.05, 3.63) is 34.7 Å². The van der Waals surface area contributed by atoms with Gasteiger partial charge in [0.1, 0.15) is 0 Å². The Balaban J connectivity index is 1.98. The molecule has 0 aliphatic carbocycles. The zero-order valence-corrected chi connectivity index (χ0v) is 16.1. The molecular formula is C17H19F3N3OPS. The second kappa shape index (κ2) is 7.62. The van der Waals surface area contributed by atoms with Gasteiger partial charge in [0.25, 0.3) is 0 Å². The van der Waals surface area contributed by atoms with Gasteiger partial charge in [-0.25, -0.2) is 4.98 Å². The fraction of sp³-hybridized carbons (Fsp3) is 0.412. The summed E-state index contributed by atoms with van der Waals surface area (Å²) < 4.78 is 39.2. The highest BCUT2D eigenvalue weighted by molar-refractivity contribution is 7.17. The maximum absolute atomic E-state index is 13.1. The average molecular weight is 401 g/mol. The second-order valence-corrected chi connectivity index (χ2v) is 8.08. The molecule has 0 radical (unpaired) electrons. The Morgan fingerprint density at radius 2 is 2.23 bits per heavy atom. The maximum Gasteiger partial charge on any atom is 0.416 e. The van der Waals surface area contributed by atoms with Crippen molar-refractivity contribution in [3.8, 4) is 11.3 Å². The van der Waals surface area contributed by atoms with Crippen molar-refractivity contribution in [3.63, 3.8) is 0 Å². The van der Waals surface area contributed by atoms with Crippen LogP contribution in [0.25, 0.3) is 11.3 Å². The molecule has 26 heavy (non-hydrogen) atoms. The first-order chi connectivity index (χ1) is 12.2. The molecular weight excluding hydrogens is 382 g/mol. The Labute approximate surface area is 156 Å². The minimum Gasteiger partial charge on any atom is -0.302 e. The molecule has 0 spiro atoms. The van der Waals surface area contributed by atoms with E-state index < -0.39 is 11.7 Å². The number of halogens is 3. The van der Waals surface area contributed by atoms with Crippen LogP contribution in [0.2, 0.25) is 0 Å². The van der Waals surface area contributed by atoms with Crippen LogP contribution in [0.4, 0.5) is 18.3 Å². The van der Waals surface area contributed by atoms with E-state index in [9.17, 15) is 18.0 Å². The number of thiazole rings is 1. The first-order valence-electron chi connectivity index (χ1n) is 8.18. The van der Waals surface area contributed by atoms with E-state index in [1.807, 2.05) is 0 Å². The highest BCUT2D eigenvalue weighted by atomic mass is 32.1. The van der Waals surface area contributed by atoms with Gasteiger partial charge >= 0.3 is 6.18 Å². The van der Waals surface area contributed by atoms with Crippen LogP contribution in [0.5, 0.6) is 0 Å². The second-order valence-electron chi connectivity index (χ2n) is 6.23. The summed E-state index contributed by atoms with van der Waals surface area (Å²) in [7, 11) is 2.80. The number of hydrogen-bond acceptors (Lipinski definition) is 4. The highest BCUT2D eigenvalue weighted by Crippen LogP contribution is 2.37. The molecule has 1 amide bonds. The van der Waals surface area contributed by atoms with Gasteiger partial charge in [-0.15, -0.1) is 9.24 Å². The van der Waals surface area contributed by atoms with Gasteiger partial charge in [-0.1, -0.05) is 23.5 Å². The molecule has 1 N–H and O–H groups in total. The van der Waals surface area contributed by atoms with Crippen LogP contribution in [-0.4, -0.2) is 28.1 Å². The van der Waals surface area contributed by atoms with Crippen LogP contribution in [0, 0.1) is 0 Å². The molecule has 140 valence electrons. The number of carbonyl (C=O) groups is 1. The van der Waals surface area contributed by atoms with Crippen molar-refractivity contribution in [1.82, 2.24) is 9.88 Å². The Bertz CT molecular complexity index is 809. The largest absolute Gasteiger partial charge is 0.416 e. The zero-order valence-electron chi connectivity index (χ0n) is 14.1. The van der Waals surface area contributed by atoms with Crippen molar-refractivity contribution < 1.29 is 18.0 Å². The molecule has 1 aromatic carbocycles. The lowest BCUT2D eigenvalue weighted by Crippen LogP contribution is -2.23. The molecule has 0 saturated carbocycles. The van der Waals surface area contributed by atoms with E-state index in [4.69, 9.17) is 0 Å². The van der Waals surface area contributed by atoms with Gasteiger partial charge in [0.15, 0.2) is 5.13 Å². The summed E-state index contributed by atoms with van der Waals surface area (Å²) in [5.41, 5.74) is 0.191. The summed E-state index contributed by atoms with van der Waals surface area (Å²) in [5.74, 6) is 0.0849. The lowest BCUT2D eigenvalue weighted by Gasteiger charge is -2.20. The van der Waals surface area contributed by atoms with Gasteiger partial charge in [0.05, 0.1) is 11.3 Å². The molecule has 4 nitrogen and oxygen atoms in total. The monoisotopic (exact) mass is 401 g/mol. The number of hydrogen-bond donors (Lipinski definition) is 1. The van der Waals surface area contributed by atoms with E-state index in [0.29, 0.717) is 28.7 Å². The van der Waals surface area contributed by atoms with Crippen molar-refractivity contribution in [2.45, 2.75) is 38.3 Å². The van der Waals surface area contributed by atoms with E-state index in [2.05, 4.69) is 24.4 Å². The molecule has 3 rings (SSSR count). The normalized spacial score (nSPS) is 18.3. The smallest absolute Gasteiger partial charge is 0.302 e. The fourth-order valence-corrected chi connectivity index (χ4v) is 4.51. The van der Waals surface area contributed by atoms with Crippen molar-refractivity contribution in [2.24, 2.45) is 0 Å². The van der Waals surface area contributed by atoms with Gasteiger partial charge in [-0.2, -0.15) is 13.2 Å². The number of nitrogens with one attached hydrogen (secondary N) is 1. The Hall–Kier alpha value is -1.50. The Kier molecular flexibility index (Phi) is 5.65. The first-order valence-corrected chi connectivity index (χ1v) is 9.67. The number of carbonyl (C=O) groups excluding carboxylic acids is 1. The molecule has 1 aliphatic rings. The van der Waals surface area contributed by atoms with Gasteiger partial charge in [0.2, 0.25) is 5.91 Å². The number of rotatable bonds is 4. The fourth-order valence-electron chi connectivity index (χ4n) is 2.96. The summed E-state index contributed by atoms with van der Waals surface area (Å²) in [6, 6.07) is 5.16. The summed E-state index contributed by atoms with van der Waals surface area (Å²) in [6.07, 6.45) is -2.25. The molecule has 2 heterocycles. The topological polar surface area (TPSA) is 45.2 Å². The zero-order chi connectivity index (χ0) is 18.9. The third-order valence-electron chi connectivity index (χ3n) is 4.20. The molecule has 1 fully saturated rings. The number of amides is 1. The number of benzene rings is 1. The maximum atomic E-state index is 13.1. The van der Waals surface area contributed by atoms with Crippen LogP contribution in [0.3, 0.4) is 0 Å². The third kappa shape index (κ3) is 4.42. The van der Waals surface area contributed by atoms with Crippen molar-refractivity contribution in [2.75, 3.05) is 11.9 Å². The van der Waals surface area contributed by atoms with E-state index in [1.165, 1.54) is 24.3 Å². The minimum absolute atomic E-state index is 0.258.